The van der Waals surface area contributed by atoms with Crippen LogP contribution in [0.15, 0.2) is 95.7 Å². The lowest BCUT2D eigenvalue weighted by Crippen LogP contribution is -2.34. The number of fused-ring (bicyclic) bond motifs is 2. The lowest BCUT2D eigenvalue weighted by molar-refractivity contribution is -0.385. The Morgan fingerprint density at radius 3 is 2.35 bits per heavy atom. The second kappa shape index (κ2) is 8.44. The maximum Gasteiger partial charge on any atom is 0.273 e. The van der Waals surface area contributed by atoms with E-state index in [1.807, 2.05) is 42.5 Å². The molecule has 0 fully saturated rings. The number of hydrogen-bond donors (Lipinski definition) is 2. The molecule has 3 aromatic carbocycles. The fourth-order valence-electron chi connectivity index (χ4n) is 4.71. The summed E-state index contributed by atoms with van der Waals surface area (Å²) in [4.78, 5) is 38.5. The van der Waals surface area contributed by atoms with Gasteiger partial charge < -0.3 is 10.6 Å². The molecule has 0 saturated carbocycles. The average Bonchev–Trinajstić information content (AvgIpc) is 3.14. The predicted molar refractivity (Wildman–Crippen MR) is 128 cm³/mol. The van der Waals surface area contributed by atoms with Crippen molar-refractivity contribution in [3.63, 3.8) is 0 Å². The van der Waals surface area contributed by atoms with Crippen LogP contribution in [0.25, 0.3) is 5.70 Å². The number of benzene rings is 3. The summed E-state index contributed by atoms with van der Waals surface area (Å²) in [6, 6.07) is 22.9. The van der Waals surface area contributed by atoms with E-state index in [-0.39, 0.29) is 17.4 Å². The second-order valence-corrected chi connectivity index (χ2v) is 8.24. The van der Waals surface area contributed by atoms with Gasteiger partial charge in [0.2, 0.25) is 5.91 Å². The molecule has 3 aromatic rings. The van der Waals surface area contributed by atoms with E-state index in [1.165, 1.54) is 6.07 Å². The molecule has 0 radical (unpaired) electrons. The first-order valence-corrected chi connectivity index (χ1v) is 10.9. The van der Waals surface area contributed by atoms with Crippen LogP contribution in [0.3, 0.4) is 0 Å². The molecule has 2 N–H and O–H groups in total. The van der Waals surface area contributed by atoms with E-state index in [1.54, 1.807) is 37.3 Å². The zero-order valence-electron chi connectivity index (χ0n) is 18.4. The van der Waals surface area contributed by atoms with E-state index in [2.05, 4.69) is 10.6 Å². The number of para-hydroxylation sites is 1. The number of hydrogen-bond acceptors (Lipinski definition) is 5. The molecule has 0 spiro atoms. The maximum atomic E-state index is 13.5. The first kappa shape index (κ1) is 21.3. The van der Waals surface area contributed by atoms with Gasteiger partial charge in [-0.25, -0.2) is 0 Å². The van der Waals surface area contributed by atoms with Crippen molar-refractivity contribution in [1.82, 2.24) is 10.6 Å². The standard InChI is InChI=1S/C27H21N3O4/c1-16-22(27(32)28-15-17-9-3-2-4-10-17)23(20-13-7-8-14-21(20)30(33)34)24-25(29-16)18-11-5-6-12-19(18)26(24)31/h2-14,23,29H,15H2,1H3,(H,28,32). The van der Waals surface area contributed by atoms with Gasteiger partial charge >= 0.3 is 0 Å². The van der Waals surface area contributed by atoms with Crippen molar-refractivity contribution in [2.24, 2.45) is 0 Å². The third-order valence-electron chi connectivity index (χ3n) is 6.23. The van der Waals surface area contributed by atoms with Crippen LogP contribution in [0.4, 0.5) is 5.69 Å². The number of allylic oxidation sites excluding steroid dienone is 2. The van der Waals surface area contributed by atoms with E-state index < -0.39 is 10.8 Å². The Hall–Kier alpha value is -4.52. The van der Waals surface area contributed by atoms with Gasteiger partial charge in [-0.05, 0) is 12.5 Å². The Morgan fingerprint density at radius 1 is 0.971 bits per heavy atom. The van der Waals surface area contributed by atoms with E-state index >= 15 is 0 Å². The number of rotatable bonds is 5. The molecule has 7 nitrogen and oxygen atoms in total. The van der Waals surface area contributed by atoms with Crippen molar-refractivity contribution in [3.05, 3.63) is 128 Å². The Bertz CT molecular complexity index is 1410. The zero-order valence-corrected chi connectivity index (χ0v) is 18.4. The minimum Gasteiger partial charge on any atom is -0.358 e. The van der Waals surface area contributed by atoms with Crippen molar-refractivity contribution in [2.75, 3.05) is 0 Å². The van der Waals surface area contributed by atoms with Gasteiger partial charge in [0.25, 0.3) is 5.69 Å². The maximum absolute atomic E-state index is 13.5. The number of nitrogens with zero attached hydrogens (tertiary/aromatic N) is 1. The van der Waals surface area contributed by atoms with Gasteiger partial charge in [-0.1, -0.05) is 72.8 Å². The molecule has 0 saturated heterocycles. The molecule has 1 unspecified atom stereocenters. The molecule has 0 aromatic heterocycles. The summed E-state index contributed by atoms with van der Waals surface area (Å²) in [6.45, 7) is 2.05. The molecule has 5 rings (SSSR count). The summed E-state index contributed by atoms with van der Waals surface area (Å²) in [6.07, 6.45) is 0. The average molecular weight is 451 g/mol. The molecule has 1 aliphatic heterocycles. The Morgan fingerprint density at radius 2 is 1.62 bits per heavy atom. The van der Waals surface area contributed by atoms with Crippen LogP contribution < -0.4 is 10.6 Å². The van der Waals surface area contributed by atoms with Crippen LogP contribution in [0.2, 0.25) is 0 Å². The third-order valence-corrected chi connectivity index (χ3v) is 6.23. The zero-order chi connectivity index (χ0) is 23.8. The second-order valence-electron chi connectivity index (χ2n) is 8.24. The van der Waals surface area contributed by atoms with Crippen molar-refractivity contribution >= 4 is 23.1 Å². The number of nitro groups is 1. The van der Waals surface area contributed by atoms with Gasteiger partial charge in [-0.2, -0.15) is 0 Å². The highest BCUT2D eigenvalue weighted by Crippen LogP contribution is 2.48. The van der Waals surface area contributed by atoms with Gasteiger partial charge in [-0.3, -0.25) is 19.7 Å². The molecular formula is C27H21N3O4. The molecule has 34 heavy (non-hydrogen) atoms. The minimum atomic E-state index is -0.881. The van der Waals surface area contributed by atoms with Crippen molar-refractivity contribution in [2.45, 2.75) is 19.4 Å². The molecule has 0 bridgehead atoms. The smallest absolute Gasteiger partial charge is 0.273 e. The normalized spacial score (nSPS) is 16.6. The minimum absolute atomic E-state index is 0.133. The van der Waals surface area contributed by atoms with Crippen LogP contribution in [-0.4, -0.2) is 16.6 Å². The van der Waals surface area contributed by atoms with Crippen molar-refractivity contribution < 1.29 is 14.5 Å². The number of nitrogens with one attached hydrogen (secondary N) is 2. The predicted octanol–water partition coefficient (Wildman–Crippen LogP) is 4.48. The van der Waals surface area contributed by atoms with Gasteiger partial charge in [0.05, 0.1) is 16.5 Å². The van der Waals surface area contributed by atoms with Crippen molar-refractivity contribution in [3.8, 4) is 0 Å². The van der Waals surface area contributed by atoms with Crippen LogP contribution in [-0.2, 0) is 11.3 Å². The van der Waals surface area contributed by atoms with E-state index in [9.17, 15) is 19.7 Å². The lowest BCUT2D eigenvalue weighted by Gasteiger charge is -2.29. The van der Waals surface area contributed by atoms with Crippen LogP contribution in [0.5, 0.6) is 0 Å². The fraction of sp³-hybridized carbons (Fsp3) is 0.111. The highest BCUT2D eigenvalue weighted by molar-refractivity contribution is 6.23. The molecule has 2 aliphatic rings. The van der Waals surface area contributed by atoms with Gasteiger partial charge in [0.1, 0.15) is 0 Å². The Balaban J connectivity index is 1.63. The topological polar surface area (TPSA) is 101 Å². The summed E-state index contributed by atoms with van der Waals surface area (Å²) in [5.41, 5.74) is 4.15. The summed E-state index contributed by atoms with van der Waals surface area (Å²) < 4.78 is 0. The quantitative estimate of drug-likeness (QED) is 0.440. The summed E-state index contributed by atoms with van der Waals surface area (Å²) >= 11 is 0. The number of dihydropyridines is 1. The summed E-state index contributed by atoms with van der Waals surface area (Å²) in [5.74, 6) is -1.50. The van der Waals surface area contributed by atoms with Gasteiger partial charge in [0, 0.05) is 46.1 Å². The van der Waals surface area contributed by atoms with Gasteiger partial charge in [-0.15, -0.1) is 0 Å². The molecule has 168 valence electrons. The van der Waals surface area contributed by atoms with Crippen LogP contribution in [0.1, 0.15) is 39.9 Å². The van der Waals surface area contributed by atoms with E-state index in [0.29, 0.717) is 40.2 Å². The largest absolute Gasteiger partial charge is 0.358 e. The number of amides is 1. The fourth-order valence-corrected chi connectivity index (χ4v) is 4.71. The Kier molecular flexibility index (Phi) is 5.30. The van der Waals surface area contributed by atoms with Crippen LogP contribution in [0, 0.1) is 10.1 Å². The highest BCUT2D eigenvalue weighted by Gasteiger charge is 2.44. The molecule has 1 amide bonds. The number of carbonyl (C=O) groups excluding carboxylic acids is 2. The van der Waals surface area contributed by atoms with E-state index in [4.69, 9.17) is 0 Å². The number of ketones is 1. The molecule has 1 atom stereocenters. The lowest BCUT2D eigenvalue weighted by atomic mass is 9.78. The molecular weight excluding hydrogens is 430 g/mol. The van der Waals surface area contributed by atoms with Crippen molar-refractivity contribution in [1.29, 1.82) is 0 Å². The SMILES string of the molecule is CC1=C(C(=O)NCc2ccccc2)C(c2ccccc2[N+](=O)[O-])C2=C(N1)c1ccccc1C2=O. The number of nitro benzene ring substituents is 1. The highest BCUT2D eigenvalue weighted by atomic mass is 16.6. The first-order chi connectivity index (χ1) is 16.5. The molecule has 1 heterocycles. The summed E-state index contributed by atoms with van der Waals surface area (Å²) in [5, 5.41) is 18.1. The number of carbonyl (C=O) groups is 2. The monoisotopic (exact) mass is 451 g/mol. The van der Waals surface area contributed by atoms with Crippen LogP contribution >= 0.6 is 0 Å². The Labute approximate surface area is 196 Å². The van der Waals surface area contributed by atoms with Gasteiger partial charge in [0.15, 0.2) is 5.78 Å². The summed E-state index contributed by atoms with van der Waals surface area (Å²) in [7, 11) is 0. The third kappa shape index (κ3) is 3.47. The molecule has 1 aliphatic carbocycles. The number of Topliss-reactive ketones (excluding diaryl/α,β-unsaturated/α-hetero) is 1. The molecule has 7 heteroatoms. The first-order valence-electron chi connectivity index (χ1n) is 10.9. The van der Waals surface area contributed by atoms with E-state index in [0.717, 1.165) is 11.1 Å².